The van der Waals surface area contributed by atoms with Crippen molar-refractivity contribution in [1.82, 2.24) is 9.88 Å². The van der Waals surface area contributed by atoms with E-state index in [1.807, 2.05) is 50.7 Å². The van der Waals surface area contributed by atoms with Gasteiger partial charge in [-0.05, 0) is 70.6 Å². The van der Waals surface area contributed by atoms with E-state index in [0.29, 0.717) is 24.5 Å². The summed E-state index contributed by atoms with van der Waals surface area (Å²) in [6.45, 7) is 9.33. The summed E-state index contributed by atoms with van der Waals surface area (Å²) >= 11 is 0. The van der Waals surface area contributed by atoms with Gasteiger partial charge in [0.2, 0.25) is 0 Å². The van der Waals surface area contributed by atoms with Crippen molar-refractivity contribution in [3.8, 4) is 0 Å². The molecule has 0 unspecified atom stereocenters. The number of hydrogen-bond acceptors (Lipinski definition) is 6. The maximum absolute atomic E-state index is 12.9. The van der Waals surface area contributed by atoms with E-state index in [1.165, 1.54) is 12.3 Å². The van der Waals surface area contributed by atoms with Gasteiger partial charge in [-0.2, -0.15) is 0 Å². The summed E-state index contributed by atoms with van der Waals surface area (Å²) in [4.78, 5) is 20.1. The molecule has 0 saturated heterocycles. The largest absolute Gasteiger partial charge is 0.478 e. The number of likely N-dealkylation sites (N-methyl/N-ethyl adjacent to an activating group) is 2. The van der Waals surface area contributed by atoms with Gasteiger partial charge in [0.05, 0.1) is 16.8 Å². The topological polar surface area (TPSA) is 103 Å². The Hall–Kier alpha value is -2.65. The standard InChI is InChI=1S/C21H30N4O4S/c1-7-25(9-8-24(5)6)20-18(21(26)27)12-17(13-22-20)23-30(28,29)19-11-15(3)14(2)10-16(19)4/h10-13,23H,7-9H2,1-6H3,(H,26,27). The van der Waals surface area contributed by atoms with E-state index in [-0.39, 0.29) is 16.1 Å². The van der Waals surface area contributed by atoms with Gasteiger partial charge in [0.1, 0.15) is 11.4 Å². The third kappa shape index (κ3) is 5.48. The Morgan fingerprint density at radius 3 is 2.27 bits per heavy atom. The first-order valence-electron chi connectivity index (χ1n) is 9.70. The molecule has 30 heavy (non-hydrogen) atoms. The van der Waals surface area contributed by atoms with Gasteiger partial charge < -0.3 is 14.9 Å². The highest BCUT2D eigenvalue weighted by molar-refractivity contribution is 7.92. The van der Waals surface area contributed by atoms with Crippen LogP contribution in [0.3, 0.4) is 0 Å². The lowest BCUT2D eigenvalue weighted by Crippen LogP contribution is -2.33. The minimum absolute atomic E-state index is 0.0485. The number of nitrogens with zero attached hydrogens (tertiary/aromatic N) is 3. The molecule has 2 rings (SSSR count). The molecular formula is C21H30N4O4S. The van der Waals surface area contributed by atoms with E-state index in [1.54, 1.807) is 13.0 Å². The van der Waals surface area contributed by atoms with Crippen LogP contribution in [-0.2, 0) is 10.0 Å². The highest BCUT2D eigenvalue weighted by Gasteiger charge is 2.22. The first kappa shape index (κ1) is 23.6. The van der Waals surface area contributed by atoms with Crippen LogP contribution < -0.4 is 9.62 Å². The fourth-order valence-electron chi connectivity index (χ4n) is 3.09. The molecule has 0 bridgehead atoms. The van der Waals surface area contributed by atoms with E-state index in [4.69, 9.17) is 0 Å². The van der Waals surface area contributed by atoms with Crippen molar-refractivity contribution in [2.75, 3.05) is 43.4 Å². The Bertz CT molecular complexity index is 1040. The fourth-order valence-corrected chi connectivity index (χ4v) is 4.44. The maximum Gasteiger partial charge on any atom is 0.339 e. The molecule has 9 heteroatoms. The Morgan fingerprint density at radius 2 is 1.70 bits per heavy atom. The SMILES string of the molecule is CCN(CCN(C)C)c1ncc(NS(=O)(=O)c2cc(C)c(C)cc2C)cc1C(=O)O. The third-order valence-corrected chi connectivity index (χ3v) is 6.45. The smallest absolute Gasteiger partial charge is 0.339 e. The molecule has 0 fully saturated rings. The van der Waals surface area contributed by atoms with Gasteiger partial charge >= 0.3 is 5.97 Å². The predicted octanol–water partition coefficient (Wildman–Crippen LogP) is 2.89. The highest BCUT2D eigenvalue weighted by atomic mass is 32.2. The average Bonchev–Trinajstić information content (AvgIpc) is 2.65. The Kier molecular flexibility index (Phi) is 7.44. The number of sulfonamides is 1. The van der Waals surface area contributed by atoms with E-state index >= 15 is 0 Å². The summed E-state index contributed by atoms with van der Waals surface area (Å²) in [6.07, 6.45) is 1.36. The van der Waals surface area contributed by atoms with Crippen LogP contribution in [0.25, 0.3) is 0 Å². The first-order chi connectivity index (χ1) is 14.0. The van der Waals surface area contributed by atoms with Crippen LogP contribution in [0, 0.1) is 20.8 Å². The summed E-state index contributed by atoms with van der Waals surface area (Å²) in [5.74, 6) is -0.846. The molecule has 1 heterocycles. The van der Waals surface area contributed by atoms with Gasteiger partial charge in [-0.1, -0.05) is 6.07 Å². The van der Waals surface area contributed by atoms with Gasteiger partial charge in [0.15, 0.2) is 0 Å². The zero-order valence-electron chi connectivity index (χ0n) is 18.4. The summed E-state index contributed by atoms with van der Waals surface area (Å²) in [6, 6.07) is 4.75. The molecule has 0 radical (unpaired) electrons. The van der Waals surface area contributed by atoms with E-state index < -0.39 is 16.0 Å². The summed E-state index contributed by atoms with van der Waals surface area (Å²) < 4.78 is 28.3. The van der Waals surface area contributed by atoms with Crippen LogP contribution >= 0.6 is 0 Å². The zero-order chi connectivity index (χ0) is 22.6. The second kappa shape index (κ2) is 9.44. The number of carboxylic acids is 1. The van der Waals surface area contributed by atoms with Crippen molar-refractivity contribution in [3.63, 3.8) is 0 Å². The lowest BCUT2D eigenvalue weighted by Gasteiger charge is -2.25. The number of hydrogen-bond donors (Lipinski definition) is 2. The average molecular weight is 435 g/mol. The van der Waals surface area contributed by atoms with E-state index in [0.717, 1.165) is 17.7 Å². The molecule has 0 spiro atoms. The minimum atomic E-state index is -3.89. The number of aromatic nitrogens is 1. The monoisotopic (exact) mass is 434 g/mol. The fraction of sp³-hybridized carbons (Fsp3) is 0.429. The second-order valence-electron chi connectivity index (χ2n) is 7.59. The molecule has 0 saturated carbocycles. The molecule has 0 aliphatic heterocycles. The van der Waals surface area contributed by atoms with Gasteiger partial charge in [-0.3, -0.25) is 4.72 Å². The normalized spacial score (nSPS) is 11.6. The van der Waals surface area contributed by atoms with Crippen LogP contribution in [0.4, 0.5) is 11.5 Å². The van der Waals surface area contributed by atoms with Crippen LogP contribution in [-0.4, -0.2) is 63.1 Å². The first-order valence-corrected chi connectivity index (χ1v) is 11.2. The van der Waals surface area contributed by atoms with E-state index in [2.05, 4.69) is 9.71 Å². The van der Waals surface area contributed by atoms with Gasteiger partial charge in [-0.25, -0.2) is 18.2 Å². The number of carboxylic acid groups (broad SMARTS) is 1. The molecule has 0 aliphatic carbocycles. The minimum Gasteiger partial charge on any atom is -0.478 e. The molecule has 0 aliphatic rings. The number of aryl methyl sites for hydroxylation is 3. The molecule has 164 valence electrons. The van der Waals surface area contributed by atoms with Gasteiger partial charge in [0, 0.05) is 19.6 Å². The number of carbonyl (C=O) groups is 1. The number of aromatic carboxylic acids is 1. The quantitative estimate of drug-likeness (QED) is 0.625. The Morgan fingerprint density at radius 1 is 1.07 bits per heavy atom. The van der Waals surface area contributed by atoms with Crippen LogP contribution in [0.1, 0.15) is 34.0 Å². The van der Waals surface area contributed by atoms with Crippen LogP contribution in [0.15, 0.2) is 29.3 Å². The number of pyridine rings is 1. The summed E-state index contributed by atoms with van der Waals surface area (Å²) in [7, 11) is -0.0160. The number of nitrogens with one attached hydrogen (secondary N) is 1. The van der Waals surface area contributed by atoms with Crippen molar-refractivity contribution >= 4 is 27.5 Å². The van der Waals surface area contributed by atoms with Gasteiger partial charge in [0.25, 0.3) is 10.0 Å². The summed E-state index contributed by atoms with van der Waals surface area (Å²) in [5, 5.41) is 9.68. The molecule has 1 aromatic heterocycles. The number of benzene rings is 1. The van der Waals surface area contributed by atoms with Crippen molar-refractivity contribution in [2.45, 2.75) is 32.6 Å². The molecule has 0 atom stereocenters. The molecule has 2 aromatic rings. The lowest BCUT2D eigenvalue weighted by atomic mass is 10.1. The van der Waals surface area contributed by atoms with Crippen LogP contribution in [0.5, 0.6) is 0 Å². The number of anilines is 2. The van der Waals surface area contributed by atoms with Crippen molar-refractivity contribution in [1.29, 1.82) is 0 Å². The molecule has 8 nitrogen and oxygen atoms in total. The highest BCUT2D eigenvalue weighted by Crippen LogP contribution is 2.26. The number of rotatable bonds is 9. The Balaban J connectivity index is 2.41. The van der Waals surface area contributed by atoms with E-state index in [9.17, 15) is 18.3 Å². The Labute approximate surface area is 178 Å². The second-order valence-corrected chi connectivity index (χ2v) is 9.24. The zero-order valence-corrected chi connectivity index (χ0v) is 19.2. The molecule has 2 N–H and O–H groups in total. The van der Waals surface area contributed by atoms with Gasteiger partial charge in [-0.15, -0.1) is 0 Å². The van der Waals surface area contributed by atoms with Crippen LogP contribution in [0.2, 0.25) is 0 Å². The maximum atomic E-state index is 12.9. The van der Waals surface area contributed by atoms with Crippen molar-refractivity contribution in [3.05, 3.63) is 46.6 Å². The molecule has 1 aromatic carbocycles. The summed E-state index contributed by atoms with van der Waals surface area (Å²) in [5.41, 5.74) is 2.54. The third-order valence-electron chi connectivity index (χ3n) is 4.93. The molecular weight excluding hydrogens is 404 g/mol. The molecule has 0 amide bonds. The van der Waals surface area contributed by atoms with Crippen molar-refractivity contribution < 1.29 is 18.3 Å². The van der Waals surface area contributed by atoms with Crippen molar-refractivity contribution in [2.24, 2.45) is 0 Å². The predicted molar refractivity (Wildman–Crippen MR) is 119 cm³/mol. The lowest BCUT2D eigenvalue weighted by molar-refractivity contribution is 0.0697.